The van der Waals surface area contributed by atoms with Gasteiger partial charge in [-0.2, -0.15) is 0 Å². The normalized spacial score (nSPS) is 33.1. The number of amides is 1. The Kier molecular flexibility index (Phi) is 4.62. The lowest BCUT2D eigenvalue weighted by molar-refractivity contribution is -0.144. The maximum Gasteiger partial charge on any atom is 0.226 e. The van der Waals surface area contributed by atoms with E-state index < -0.39 is 0 Å². The van der Waals surface area contributed by atoms with Crippen LogP contribution in [0.15, 0.2) is 0 Å². The quantitative estimate of drug-likeness (QED) is 0.828. The molecule has 0 spiro atoms. The van der Waals surface area contributed by atoms with Gasteiger partial charge in [-0.3, -0.25) is 4.79 Å². The molecule has 2 aliphatic rings. The highest BCUT2D eigenvalue weighted by Crippen LogP contribution is 2.28. The minimum absolute atomic E-state index is 0.160. The van der Waals surface area contributed by atoms with Gasteiger partial charge in [-0.1, -0.05) is 13.8 Å². The molecule has 0 radical (unpaired) electrons. The van der Waals surface area contributed by atoms with Crippen molar-refractivity contribution in [3.8, 4) is 0 Å². The molecule has 1 saturated carbocycles. The van der Waals surface area contributed by atoms with E-state index in [1.54, 1.807) is 0 Å². The van der Waals surface area contributed by atoms with Crippen LogP contribution in [0.1, 0.15) is 39.5 Å². The molecule has 0 aromatic heterocycles. The van der Waals surface area contributed by atoms with Gasteiger partial charge in [-0.25, -0.2) is 0 Å². The molecule has 3 atom stereocenters. The van der Waals surface area contributed by atoms with E-state index in [4.69, 9.17) is 10.5 Å². The summed E-state index contributed by atoms with van der Waals surface area (Å²) in [5.74, 6) is 1.07. The van der Waals surface area contributed by atoms with Crippen molar-refractivity contribution < 1.29 is 9.53 Å². The highest BCUT2D eigenvalue weighted by Gasteiger charge is 2.35. The van der Waals surface area contributed by atoms with E-state index in [0.29, 0.717) is 25.0 Å². The van der Waals surface area contributed by atoms with Crippen LogP contribution in [-0.4, -0.2) is 42.6 Å². The first-order valence-corrected chi connectivity index (χ1v) is 7.21. The van der Waals surface area contributed by atoms with Crippen molar-refractivity contribution in [3.63, 3.8) is 0 Å². The number of morpholine rings is 1. The fraction of sp³-hybridized carbons (Fsp3) is 0.929. The second kappa shape index (κ2) is 6.02. The minimum atomic E-state index is 0.160. The van der Waals surface area contributed by atoms with Crippen LogP contribution in [0.5, 0.6) is 0 Å². The second-order valence-corrected chi connectivity index (χ2v) is 6.16. The van der Waals surface area contributed by atoms with Gasteiger partial charge < -0.3 is 15.4 Å². The van der Waals surface area contributed by atoms with Crippen molar-refractivity contribution in [1.29, 1.82) is 0 Å². The van der Waals surface area contributed by atoms with Crippen LogP contribution >= 0.6 is 0 Å². The molecule has 2 rings (SSSR count). The van der Waals surface area contributed by atoms with Gasteiger partial charge in [0.05, 0.1) is 19.3 Å². The maximum atomic E-state index is 12.6. The number of hydrogen-bond acceptors (Lipinski definition) is 3. The average Bonchev–Trinajstić information content (AvgIpc) is 2.75. The van der Waals surface area contributed by atoms with Crippen molar-refractivity contribution >= 4 is 5.91 Å². The number of rotatable bonds is 3. The topological polar surface area (TPSA) is 55.6 Å². The first-order valence-electron chi connectivity index (χ1n) is 7.21. The SMILES string of the molecule is CC(C)C[C@@H]1COCCN1C(=O)[C@H]1CC[C@@H](N)C1. The van der Waals surface area contributed by atoms with Crippen molar-refractivity contribution in [2.75, 3.05) is 19.8 Å². The molecule has 1 heterocycles. The molecule has 1 aliphatic carbocycles. The Hall–Kier alpha value is -0.610. The van der Waals surface area contributed by atoms with Crippen LogP contribution < -0.4 is 5.73 Å². The number of carbonyl (C=O) groups excluding carboxylic acids is 1. The molecule has 4 heteroatoms. The van der Waals surface area contributed by atoms with E-state index in [1.807, 2.05) is 0 Å². The molecule has 18 heavy (non-hydrogen) atoms. The second-order valence-electron chi connectivity index (χ2n) is 6.16. The van der Waals surface area contributed by atoms with Gasteiger partial charge in [-0.05, 0) is 31.6 Å². The van der Waals surface area contributed by atoms with Crippen LogP contribution in [0.25, 0.3) is 0 Å². The van der Waals surface area contributed by atoms with Gasteiger partial charge in [0.15, 0.2) is 0 Å². The summed E-state index contributed by atoms with van der Waals surface area (Å²) >= 11 is 0. The van der Waals surface area contributed by atoms with Crippen molar-refractivity contribution in [2.45, 2.75) is 51.6 Å². The zero-order chi connectivity index (χ0) is 13.1. The number of nitrogens with two attached hydrogens (primary N) is 1. The predicted octanol–water partition coefficient (Wildman–Crippen LogP) is 1.39. The predicted molar refractivity (Wildman–Crippen MR) is 71.1 cm³/mol. The Morgan fingerprint density at radius 2 is 2.22 bits per heavy atom. The molecule has 4 nitrogen and oxygen atoms in total. The van der Waals surface area contributed by atoms with Gasteiger partial charge >= 0.3 is 0 Å². The third-order valence-corrected chi connectivity index (χ3v) is 4.08. The Bertz CT molecular complexity index is 294. The lowest BCUT2D eigenvalue weighted by Crippen LogP contribution is -2.51. The summed E-state index contributed by atoms with van der Waals surface area (Å²) in [5, 5.41) is 0. The van der Waals surface area contributed by atoms with Crippen LogP contribution in [0, 0.1) is 11.8 Å². The number of carbonyl (C=O) groups is 1. The van der Waals surface area contributed by atoms with Crippen molar-refractivity contribution in [3.05, 3.63) is 0 Å². The van der Waals surface area contributed by atoms with Gasteiger partial charge in [0.1, 0.15) is 0 Å². The molecule has 0 unspecified atom stereocenters. The zero-order valence-electron chi connectivity index (χ0n) is 11.6. The first-order chi connectivity index (χ1) is 8.58. The first kappa shape index (κ1) is 13.8. The molecule has 1 amide bonds. The largest absolute Gasteiger partial charge is 0.377 e. The lowest BCUT2D eigenvalue weighted by Gasteiger charge is -2.38. The van der Waals surface area contributed by atoms with E-state index in [1.165, 1.54) is 0 Å². The van der Waals surface area contributed by atoms with E-state index in [2.05, 4.69) is 18.7 Å². The highest BCUT2D eigenvalue weighted by atomic mass is 16.5. The summed E-state index contributed by atoms with van der Waals surface area (Å²) in [5.41, 5.74) is 5.91. The van der Waals surface area contributed by atoms with E-state index in [0.717, 1.165) is 32.2 Å². The molecule has 0 aromatic rings. The molecule has 0 aromatic carbocycles. The summed E-state index contributed by atoms with van der Waals surface area (Å²) in [6.07, 6.45) is 3.86. The van der Waals surface area contributed by atoms with Crippen LogP contribution in [0.4, 0.5) is 0 Å². The van der Waals surface area contributed by atoms with E-state index in [9.17, 15) is 4.79 Å². The summed E-state index contributed by atoms with van der Waals surface area (Å²) in [6.45, 7) is 6.52. The molecule has 1 aliphatic heterocycles. The van der Waals surface area contributed by atoms with E-state index in [-0.39, 0.29) is 18.0 Å². The lowest BCUT2D eigenvalue weighted by atomic mass is 9.99. The molecule has 2 fully saturated rings. The summed E-state index contributed by atoms with van der Waals surface area (Å²) in [7, 11) is 0. The standard InChI is InChI=1S/C14H26N2O2/c1-10(2)7-13-9-18-6-5-16(13)14(17)11-3-4-12(15)8-11/h10-13H,3-9,15H2,1-2H3/t11-,12+,13+/m0/s1. The summed E-state index contributed by atoms with van der Waals surface area (Å²) in [4.78, 5) is 14.6. The third-order valence-electron chi connectivity index (χ3n) is 4.08. The van der Waals surface area contributed by atoms with Crippen molar-refractivity contribution in [2.24, 2.45) is 17.6 Å². The fourth-order valence-electron chi connectivity index (χ4n) is 3.16. The number of ether oxygens (including phenoxy) is 1. The Balaban J connectivity index is 1.97. The minimum Gasteiger partial charge on any atom is -0.377 e. The van der Waals surface area contributed by atoms with E-state index >= 15 is 0 Å². The molecule has 0 bridgehead atoms. The Morgan fingerprint density at radius 3 is 2.83 bits per heavy atom. The Morgan fingerprint density at radius 1 is 1.44 bits per heavy atom. The third kappa shape index (κ3) is 3.23. The monoisotopic (exact) mass is 254 g/mol. The average molecular weight is 254 g/mol. The maximum absolute atomic E-state index is 12.6. The zero-order valence-corrected chi connectivity index (χ0v) is 11.6. The van der Waals surface area contributed by atoms with Gasteiger partial charge in [0.25, 0.3) is 0 Å². The molecule has 2 N–H and O–H groups in total. The van der Waals surface area contributed by atoms with Crippen molar-refractivity contribution in [1.82, 2.24) is 4.90 Å². The fourth-order valence-corrected chi connectivity index (χ4v) is 3.16. The smallest absolute Gasteiger partial charge is 0.226 e. The van der Waals surface area contributed by atoms with Gasteiger partial charge in [0.2, 0.25) is 5.91 Å². The number of hydrogen-bond donors (Lipinski definition) is 1. The molecule has 104 valence electrons. The molecule has 1 saturated heterocycles. The van der Waals surface area contributed by atoms with Crippen LogP contribution in [0.3, 0.4) is 0 Å². The molecular formula is C14H26N2O2. The summed E-state index contributed by atoms with van der Waals surface area (Å²) < 4.78 is 5.53. The van der Waals surface area contributed by atoms with Crippen LogP contribution in [0.2, 0.25) is 0 Å². The highest BCUT2D eigenvalue weighted by molar-refractivity contribution is 5.79. The number of nitrogens with zero attached hydrogens (tertiary/aromatic N) is 1. The van der Waals surface area contributed by atoms with Gasteiger partial charge in [-0.15, -0.1) is 0 Å². The van der Waals surface area contributed by atoms with Gasteiger partial charge in [0, 0.05) is 18.5 Å². The molecular weight excluding hydrogens is 228 g/mol. The Labute approximate surface area is 110 Å². The van der Waals surface area contributed by atoms with Crippen LogP contribution in [-0.2, 0) is 9.53 Å². The summed E-state index contributed by atoms with van der Waals surface area (Å²) in [6, 6.07) is 0.492.